The Hall–Kier alpha value is -3.11. The van der Waals surface area contributed by atoms with Crippen LogP contribution in [0.25, 0.3) is 6.08 Å². The van der Waals surface area contributed by atoms with Crippen molar-refractivity contribution in [2.45, 2.75) is 11.5 Å². The van der Waals surface area contributed by atoms with Crippen LogP contribution in [0.3, 0.4) is 0 Å². The predicted octanol–water partition coefficient (Wildman–Crippen LogP) is 4.77. The van der Waals surface area contributed by atoms with Crippen LogP contribution >= 0.6 is 35.6 Å². The van der Waals surface area contributed by atoms with Crippen LogP contribution in [0.1, 0.15) is 21.7 Å². The van der Waals surface area contributed by atoms with E-state index in [0.29, 0.717) is 51.9 Å². The molecule has 1 saturated heterocycles. The van der Waals surface area contributed by atoms with Crippen molar-refractivity contribution in [1.29, 1.82) is 0 Å². The minimum absolute atomic E-state index is 0.0709. The highest BCUT2D eigenvalue weighted by molar-refractivity contribution is 8.22. The Kier molecular flexibility index (Phi) is 9.78. The Morgan fingerprint density at radius 3 is 2.59 bits per heavy atom. The zero-order chi connectivity index (χ0) is 26.0. The molecule has 10 heteroatoms. The van der Waals surface area contributed by atoms with Crippen LogP contribution < -0.4 is 10.6 Å². The molecule has 1 aromatic heterocycles. The average molecular weight is 556 g/mol. The van der Waals surface area contributed by atoms with E-state index in [1.54, 1.807) is 42.5 Å². The summed E-state index contributed by atoms with van der Waals surface area (Å²) in [6, 6.07) is 19.7. The molecule has 0 saturated carbocycles. The fourth-order valence-electron chi connectivity index (χ4n) is 3.56. The molecule has 2 aromatic carbocycles. The summed E-state index contributed by atoms with van der Waals surface area (Å²) in [5.74, 6) is -0.409. The Labute approximate surface area is 230 Å². The van der Waals surface area contributed by atoms with Crippen LogP contribution in [0.2, 0.25) is 5.02 Å². The molecule has 7 nitrogen and oxygen atoms in total. The van der Waals surface area contributed by atoms with Gasteiger partial charge in [0.1, 0.15) is 15.8 Å². The molecular weight excluding hydrogens is 530 g/mol. The fourth-order valence-corrected chi connectivity index (χ4v) is 4.96. The van der Waals surface area contributed by atoms with Gasteiger partial charge in [-0.05, 0) is 60.1 Å². The van der Waals surface area contributed by atoms with Gasteiger partial charge >= 0.3 is 0 Å². The van der Waals surface area contributed by atoms with Crippen LogP contribution in [0, 0.1) is 0 Å². The van der Waals surface area contributed by atoms with Crippen LogP contribution in [0.5, 0.6) is 0 Å². The average Bonchev–Trinajstić information content (AvgIpc) is 3.35. The van der Waals surface area contributed by atoms with Crippen molar-refractivity contribution in [3.63, 3.8) is 0 Å². The van der Waals surface area contributed by atoms with Gasteiger partial charge < -0.3 is 24.7 Å². The van der Waals surface area contributed by atoms with Gasteiger partial charge in [0.05, 0.1) is 13.2 Å². The van der Waals surface area contributed by atoms with Crippen LogP contribution in [-0.4, -0.2) is 53.9 Å². The number of hydrogen-bond acceptors (Lipinski definition) is 6. The zero-order valence-electron chi connectivity index (χ0n) is 19.9. The Bertz CT molecular complexity index is 1270. The maximum Gasteiger partial charge on any atom is 0.267 e. The minimum atomic E-state index is -0.430. The van der Waals surface area contributed by atoms with E-state index in [9.17, 15) is 9.59 Å². The second-order valence-electron chi connectivity index (χ2n) is 8.14. The molecule has 0 spiro atoms. The van der Waals surface area contributed by atoms with E-state index in [1.807, 2.05) is 24.3 Å². The molecule has 1 aliphatic heterocycles. The first kappa shape index (κ1) is 26.9. The van der Waals surface area contributed by atoms with Gasteiger partial charge in [-0.3, -0.25) is 9.59 Å². The lowest BCUT2D eigenvalue weighted by Gasteiger charge is -2.28. The third kappa shape index (κ3) is 8.19. The normalized spacial score (nSPS) is 13.8. The standard InChI is InChI=1S/C27H26ClN3O4S2/c28-21-8-4-5-19(17-21)11-12-29-26(33)23(30-25(32)20-6-2-1-3-7-20)18-22-9-10-24(35-22)37-27(36)31-13-15-34-16-14-31/h1-10,17-18H,11-16H2,(H,29,33)(H,30,32)/b23-18-. The molecule has 2 N–H and O–H groups in total. The summed E-state index contributed by atoms with van der Waals surface area (Å²) in [5, 5.41) is 6.81. The van der Waals surface area contributed by atoms with Gasteiger partial charge in [-0.1, -0.05) is 54.2 Å². The van der Waals surface area contributed by atoms with Gasteiger partial charge in [0.15, 0.2) is 5.09 Å². The van der Waals surface area contributed by atoms with Crippen molar-refractivity contribution >= 4 is 57.8 Å². The van der Waals surface area contributed by atoms with Crippen molar-refractivity contribution in [3.05, 3.63) is 94.3 Å². The lowest BCUT2D eigenvalue weighted by atomic mass is 10.1. The monoisotopic (exact) mass is 555 g/mol. The number of thiocarbonyl (C=S) groups is 1. The highest BCUT2D eigenvalue weighted by atomic mass is 35.5. The third-order valence-corrected chi connectivity index (χ3v) is 7.06. The number of nitrogens with one attached hydrogen (secondary N) is 2. The topological polar surface area (TPSA) is 83.8 Å². The number of hydrogen-bond donors (Lipinski definition) is 2. The maximum absolute atomic E-state index is 13.1. The van der Waals surface area contributed by atoms with Crippen LogP contribution in [-0.2, 0) is 16.0 Å². The lowest BCUT2D eigenvalue weighted by molar-refractivity contribution is -0.117. The van der Waals surface area contributed by atoms with Gasteiger partial charge in [0.2, 0.25) is 0 Å². The Morgan fingerprint density at radius 2 is 1.84 bits per heavy atom. The highest BCUT2D eigenvalue weighted by Gasteiger charge is 2.18. The number of nitrogens with zero attached hydrogens (tertiary/aromatic N) is 1. The van der Waals surface area contributed by atoms with Crippen LogP contribution in [0.4, 0.5) is 0 Å². The first-order valence-electron chi connectivity index (χ1n) is 11.7. The quantitative estimate of drug-likeness (QED) is 0.235. The number of carbonyl (C=O) groups is 2. The zero-order valence-corrected chi connectivity index (χ0v) is 22.3. The minimum Gasteiger partial charge on any atom is -0.450 e. The van der Waals surface area contributed by atoms with E-state index in [2.05, 4.69) is 15.5 Å². The number of benzene rings is 2. The summed E-state index contributed by atoms with van der Waals surface area (Å²) in [4.78, 5) is 27.9. The van der Waals surface area contributed by atoms with Crippen molar-refractivity contribution in [2.75, 3.05) is 32.8 Å². The molecular formula is C27H26ClN3O4S2. The van der Waals surface area contributed by atoms with Gasteiger partial charge in [-0.15, -0.1) is 0 Å². The number of morpholine rings is 1. The lowest BCUT2D eigenvalue weighted by Crippen LogP contribution is -2.38. The van der Waals surface area contributed by atoms with Gasteiger partial charge in [-0.25, -0.2) is 0 Å². The summed E-state index contributed by atoms with van der Waals surface area (Å²) in [6.07, 6.45) is 2.10. The van der Waals surface area contributed by atoms with E-state index < -0.39 is 11.8 Å². The first-order valence-corrected chi connectivity index (χ1v) is 13.3. The molecule has 1 aliphatic rings. The Balaban J connectivity index is 1.45. The number of carbonyl (C=O) groups excluding carboxylic acids is 2. The molecule has 0 unspecified atom stereocenters. The molecule has 0 atom stereocenters. The van der Waals surface area contributed by atoms with E-state index >= 15 is 0 Å². The number of furan rings is 1. The van der Waals surface area contributed by atoms with Crippen molar-refractivity contribution in [3.8, 4) is 0 Å². The summed E-state index contributed by atoms with van der Waals surface area (Å²) in [7, 11) is 0. The molecule has 4 rings (SSSR count). The van der Waals surface area contributed by atoms with Crippen molar-refractivity contribution in [2.24, 2.45) is 0 Å². The number of thioether (sulfide) groups is 1. The van der Waals surface area contributed by atoms with Crippen LogP contribution in [0.15, 0.2) is 81.9 Å². The van der Waals surface area contributed by atoms with E-state index in [1.165, 1.54) is 17.8 Å². The number of ether oxygens (including phenoxy) is 1. The molecule has 0 aliphatic carbocycles. The fraction of sp³-hybridized carbons (Fsp3) is 0.222. The largest absolute Gasteiger partial charge is 0.450 e. The van der Waals surface area contributed by atoms with Gasteiger partial charge in [0.25, 0.3) is 11.8 Å². The molecule has 37 heavy (non-hydrogen) atoms. The predicted molar refractivity (Wildman–Crippen MR) is 150 cm³/mol. The first-order chi connectivity index (χ1) is 18.0. The second kappa shape index (κ2) is 13.4. The smallest absolute Gasteiger partial charge is 0.267 e. The number of amides is 2. The van der Waals surface area contributed by atoms with Crippen molar-refractivity contribution in [1.82, 2.24) is 15.5 Å². The van der Waals surface area contributed by atoms with E-state index in [0.717, 1.165) is 18.7 Å². The molecule has 2 heterocycles. The molecule has 1 fully saturated rings. The highest BCUT2D eigenvalue weighted by Crippen LogP contribution is 2.25. The molecule has 192 valence electrons. The summed E-state index contributed by atoms with van der Waals surface area (Å²) in [5.41, 5.74) is 1.50. The van der Waals surface area contributed by atoms with E-state index in [4.69, 9.17) is 33.0 Å². The van der Waals surface area contributed by atoms with Gasteiger partial charge in [0, 0.05) is 36.3 Å². The molecule has 0 bridgehead atoms. The van der Waals surface area contributed by atoms with Gasteiger partial charge in [-0.2, -0.15) is 0 Å². The van der Waals surface area contributed by atoms with Crippen molar-refractivity contribution < 1.29 is 18.7 Å². The maximum atomic E-state index is 13.1. The van der Waals surface area contributed by atoms with E-state index in [-0.39, 0.29) is 5.70 Å². The third-order valence-electron chi connectivity index (χ3n) is 5.46. The summed E-state index contributed by atoms with van der Waals surface area (Å²) >= 11 is 12.9. The summed E-state index contributed by atoms with van der Waals surface area (Å²) in [6.45, 7) is 3.13. The molecule has 3 aromatic rings. The summed E-state index contributed by atoms with van der Waals surface area (Å²) < 4.78 is 12.0. The Morgan fingerprint density at radius 1 is 1.05 bits per heavy atom. The molecule has 2 amide bonds. The number of halogens is 1. The SMILES string of the molecule is O=C(NCCc1cccc(Cl)c1)/C(=C/c1ccc(SC(=S)N2CCOCC2)o1)NC(=O)c1ccccc1. The second-order valence-corrected chi connectivity index (χ2v) is 10.2. The molecule has 0 radical (unpaired) electrons. The number of rotatable bonds is 8.